The predicted octanol–water partition coefficient (Wildman–Crippen LogP) is 6.97. The molecule has 1 atom stereocenters. The van der Waals surface area contributed by atoms with Gasteiger partial charge in [0.1, 0.15) is 11.8 Å². The van der Waals surface area contributed by atoms with E-state index < -0.39 is 0 Å². The highest BCUT2D eigenvalue weighted by Crippen LogP contribution is 2.36. The summed E-state index contributed by atoms with van der Waals surface area (Å²) in [6.45, 7) is 15.7. The smallest absolute Gasteiger partial charge is 0.109 e. The summed E-state index contributed by atoms with van der Waals surface area (Å²) < 4.78 is 3.80. The molecule has 1 aromatic carbocycles. The lowest BCUT2D eigenvalue weighted by Gasteiger charge is -2.40. The van der Waals surface area contributed by atoms with Crippen LogP contribution in [0.4, 0.5) is 11.4 Å². The van der Waals surface area contributed by atoms with Crippen LogP contribution in [-0.4, -0.2) is 53.3 Å². The maximum atomic E-state index is 9.92. The molecule has 11 heteroatoms. The van der Waals surface area contributed by atoms with Crippen LogP contribution in [0.1, 0.15) is 69.6 Å². The number of benzene rings is 1. The van der Waals surface area contributed by atoms with E-state index in [0.29, 0.717) is 28.3 Å². The first-order chi connectivity index (χ1) is 21.6. The number of nitrogens with one attached hydrogen (secondary N) is 2. The maximum absolute atomic E-state index is 9.92. The molecule has 0 spiro atoms. The lowest BCUT2D eigenvalue weighted by atomic mass is 9.98. The molecule has 4 aromatic rings. The summed E-state index contributed by atoms with van der Waals surface area (Å²) in [7, 11) is 1.88. The Morgan fingerprint density at radius 1 is 1.24 bits per heavy atom. The number of hydrogen-bond donors (Lipinski definition) is 2. The molecule has 1 aliphatic rings. The average Bonchev–Trinajstić information content (AvgIpc) is 3.67. The van der Waals surface area contributed by atoms with Crippen molar-refractivity contribution >= 4 is 33.9 Å². The first-order valence-electron chi connectivity index (χ1n) is 15.2. The van der Waals surface area contributed by atoms with Crippen LogP contribution < -0.4 is 10.6 Å². The van der Waals surface area contributed by atoms with Crippen molar-refractivity contribution in [1.82, 2.24) is 34.7 Å². The first-order valence-corrected chi connectivity index (χ1v) is 15.6. The molecule has 5 rings (SSSR count). The highest BCUT2D eigenvalue weighted by Gasteiger charge is 2.29. The number of aryl methyl sites for hydroxylation is 1. The van der Waals surface area contributed by atoms with Crippen molar-refractivity contribution in [3.05, 3.63) is 95.2 Å². The minimum absolute atomic E-state index is 0.156. The van der Waals surface area contributed by atoms with Gasteiger partial charge in [-0.15, -0.1) is 5.10 Å². The van der Waals surface area contributed by atoms with E-state index in [-0.39, 0.29) is 17.6 Å². The Balaban J connectivity index is 1.46. The number of pyridine rings is 1. The number of likely N-dealkylation sites (tertiary alicyclic amines) is 1. The number of piperidine rings is 1. The summed E-state index contributed by atoms with van der Waals surface area (Å²) in [5.41, 5.74) is 5.13. The van der Waals surface area contributed by atoms with E-state index in [2.05, 4.69) is 69.3 Å². The van der Waals surface area contributed by atoms with Gasteiger partial charge in [-0.3, -0.25) is 14.6 Å². The number of anilines is 2. The van der Waals surface area contributed by atoms with E-state index in [1.165, 1.54) is 0 Å². The van der Waals surface area contributed by atoms with Gasteiger partial charge in [0, 0.05) is 49.1 Å². The van der Waals surface area contributed by atoms with Crippen LogP contribution in [0.25, 0.3) is 10.9 Å². The van der Waals surface area contributed by atoms with Crippen LogP contribution in [0.5, 0.6) is 0 Å². The molecule has 0 unspecified atom stereocenters. The van der Waals surface area contributed by atoms with E-state index in [4.69, 9.17) is 11.6 Å². The molecule has 45 heavy (non-hydrogen) atoms. The van der Waals surface area contributed by atoms with Gasteiger partial charge in [0.05, 0.1) is 52.3 Å². The Bertz CT molecular complexity index is 1760. The van der Waals surface area contributed by atoms with Crippen molar-refractivity contribution in [2.75, 3.05) is 23.7 Å². The fourth-order valence-electron chi connectivity index (χ4n) is 5.68. The Kier molecular flexibility index (Phi) is 9.71. The fraction of sp³-hybridized carbons (Fsp3) is 0.382. The van der Waals surface area contributed by atoms with Gasteiger partial charge in [0.15, 0.2) is 0 Å². The SMILES string of the molecule is C=C(/C=C\C=C/C)[C@H](Nc1cc(Cl)c2ncc(C#N)c(NCc3ccnn3C)c2c1)c1cn(C2CCN(C(C)(C)C)CC2)nn1. The number of allylic oxidation sites excluding steroid dienone is 3. The van der Waals surface area contributed by atoms with Gasteiger partial charge in [0.25, 0.3) is 0 Å². The molecule has 234 valence electrons. The Labute approximate surface area is 270 Å². The van der Waals surface area contributed by atoms with Gasteiger partial charge < -0.3 is 10.6 Å². The third kappa shape index (κ3) is 7.27. The molecule has 1 fully saturated rings. The van der Waals surface area contributed by atoms with Gasteiger partial charge in [-0.25, -0.2) is 4.68 Å². The lowest BCUT2D eigenvalue weighted by molar-refractivity contribution is 0.0866. The third-order valence-electron chi connectivity index (χ3n) is 8.32. The van der Waals surface area contributed by atoms with Gasteiger partial charge in [-0.05, 0) is 64.3 Å². The lowest BCUT2D eigenvalue weighted by Crippen LogP contribution is -2.46. The van der Waals surface area contributed by atoms with Crippen LogP contribution in [0.2, 0.25) is 5.02 Å². The number of nitrogens with zero attached hydrogens (tertiary/aromatic N) is 8. The van der Waals surface area contributed by atoms with Crippen molar-refractivity contribution in [3.63, 3.8) is 0 Å². The molecule has 0 saturated carbocycles. The number of halogens is 1. The number of aromatic nitrogens is 6. The molecular weight excluding hydrogens is 584 g/mol. The quantitative estimate of drug-likeness (QED) is 0.182. The van der Waals surface area contributed by atoms with Crippen LogP contribution in [0.3, 0.4) is 0 Å². The van der Waals surface area contributed by atoms with E-state index in [0.717, 1.165) is 54.0 Å². The molecule has 4 heterocycles. The molecule has 0 bridgehead atoms. The minimum atomic E-state index is -0.374. The molecule has 3 aromatic heterocycles. The Hall–Kier alpha value is -4.46. The molecule has 2 N–H and O–H groups in total. The largest absolute Gasteiger partial charge is 0.378 e. The minimum Gasteiger partial charge on any atom is -0.378 e. The van der Waals surface area contributed by atoms with Gasteiger partial charge in [-0.2, -0.15) is 10.4 Å². The zero-order valence-electron chi connectivity index (χ0n) is 26.6. The first kappa shape index (κ1) is 31.9. The van der Waals surface area contributed by atoms with E-state index in [1.807, 2.05) is 67.4 Å². The average molecular weight is 625 g/mol. The normalized spacial score (nSPS) is 15.6. The Morgan fingerprint density at radius 3 is 2.69 bits per heavy atom. The second-order valence-electron chi connectivity index (χ2n) is 12.4. The zero-order valence-corrected chi connectivity index (χ0v) is 27.4. The molecule has 0 radical (unpaired) electrons. The topological polar surface area (TPSA) is 113 Å². The van der Waals surface area contributed by atoms with Crippen molar-refractivity contribution in [3.8, 4) is 6.07 Å². The fourth-order valence-corrected chi connectivity index (χ4v) is 5.95. The number of hydrogen-bond acceptors (Lipinski definition) is 8. The maximum Gasteiger partial charge on any atom is 0.109 e. The monoisotopic (exact) mass is 624 g/mol. The number of fused-ring (bicyclic) bond motifs is 1. The third-order valence-corrected chi connectivity index (χ3v) is 8.61. The molecule has 10 nitrogen and oxygen atoms in total. The standard InChI is InChI=1S/C34H41ClN10/c1-7-8-9-10-23(2)31(30-22-45(42-41-30)26-12-15-44(16-13-26)34(3,4)5)40-25-17-28-32(38-21-27-11-14-39-43(27)6)24(19-36)20-37-33(28)29(35)18-25/h7-11,14,17-18,20,22,26,31,40H,2,12-13,15-16,21H2,1,3-6H3,(H,37,38)/b8-7-,10-9-/t31-/m0/s1. The predicted molar refractivity (Wildman–Crippen MR) is 181 cm³/mol. The van der Waals surface area contributed by atoms with Crippen molar-refractivity contribution in [1.29, 1.82) is 5.26 Å². The van der Waals surface area contributed by atoms with Crippen LogP contribution >= 0.6 is 11.6 Å². The van der Waals surface area contributed by atoms with Crippen molar-refractivity contribution < 1.29 is 0 Å². The molecular formula is C34H41ClN10. The van der Waals surface area contributed by atoms with E-state index in [9.17, 15) is 5.26 Å². The number of nitriles is 1. The summed E-state index contributed by atoms with van der Waals surface area (Å²) >= 11 is 6.81. The molecule has 0 amide bonds. The highest BCUT2D eigenvalue weighted by atomic mass is 35.5. The summed E-state index contributed by atoms with van der Waals surface area (Å²) in [6, 6.07) is 7.92. The molecule has 0 aliphatic carbocycles. The van der Waals surface area contributed by atoms with Gasteiger partial charge in [-0.1, -0.05) is 47.7 Å². The van der Waals surface area contributed by atoms with Crippen LogP contribution in [0, 0.1) is 11.3 Å². The van der Waals surface area contributed by atoms with Crippen molar-refractivity contribution in [2.45, 2.75) is 64.7 Å². The summed E-state index contributed by atoms with van der Waals surface area (Å²) in [4.78, 5) is 7.03. The molecule has 1 aliphatic heterocycles. The molecule has 1 saturated heterocycles. The zero-order chi connectivity index (χ0) is 32.1. The van der Waals surface area contributed by atoms with Gasteiger partial charge >= 0.3 is 0 Å². The highest BCUT2D eigenvalue weighted by molar-refractivity contribution is 6.35. The number of rotatable bonds is 10. The summed E-state index contributed by atoms with van der Waals surface area (Å²) in [6.07, 6.45) is 15.2. The second-order valence-corrected chi connectivity index (χ2v) is 12.8. The summed E-state index contributed by atoms with van der Waals surface area (Å²) in [5, 5.41) is 31.6. The van der Waals surface area contributed by atoms with E-state index in [1.54, 1.807) is 17.1 Å². The van der Waals surface area contributed by atoms with E-state index >= 15 is 0 Å². The summed E-state index contributed by atoms with van der Waals surface area (Å²) in [5.74, 6) is 0. The van der Waals surface area contributed by atoms with Crippen LogP contribution in [-0.2, 0) is 13.6 Å². The van der Waals surface area contributed by atoms with Crippen molar-refractivity contribution in [2.24, 2.45) is 7.05 Å². The second kappa shape index (κ2) is 13.7. The Morgan fingerprint density at radius 2 is 2.02 bits per heavy atom. The van der Waals surface area contributed by atoms with Crippen LogP contribution in [0.15, 0.2) is 73.2 Å². The van der Waals surface area contributed by atoms with Gasteiger partial charge in [0.2, 0.25) is 0 Å².